The molecular weight excluding hydrogens is 329 g/mol. The fourth-order valence-corrected chi connectivity index (χ4v) is 3.66. The summed E-state index contributed by atoms with van der Waals surface area (Å²) < 4.78 is 14.0. The van der Waals surface area contributed by atoms with Gasteiger partial charge in [0.1, 0.15) is 11.6 Å². The highest BCUT2D eigenvalue weighted by atomic mass is 32.1. The minimum atomic E-state index is -0.273. The number of halogens is 1. The molecule has 1 aliphatic heterocycles. The van der Waals surface area contributed by atoms with E-state index >= 15 is 0 Å². The van der Waals surface area contributed by atoms with E-state index in [-0.39, 0.29) is 23.4 Å². The Morgan fingerprint density at radius 3 is 2.92 bits per heavy atom. The SMILES string of the molecule is O=C(Nc1cccc(O)c1)C1CN(c2nc3ccc(F)cc3s2)C1. The molecule has 2 N–H and O–H groups in total. The van der Waals surface area contributed by atoms with Crippen LogP contribution in [0, 0.1) is 11.7 Å². The minimum absolute atomic E-state index is 0.0796. The Hall–Kier alpha value is -2.67. The van der Waals surface area contributed by atoms with Crippen molar-refractivity contribution in [1.82, 2.24) is 4.98 Å². The molecule has 1 aliphatic rings. The van der Waals surface area contributed by atoms with Crippen molar-refractivity contribution >= 4 is 38.3 Å². The zero-order valence-electron chi connectivity index (χ0n) is 12.6. The number of rotatable bonds is 3. The number of nitrogens with zero attached hydrogens (tertiary/aromatic N) is 2. The van der Waals surface area contributed by atoms with Crippen molar-refractivity contribution in [1.29, 1.82) is 0 Å². The quantitative estimate of drug-likeness (QED) is 0.766. The van der Waals surface area contributed by atoms with Gasteiger partial charge in [0, 0.05) is 24.8 Å². The van der Waals surface area contributed by atoms with E-state index in [2.05, 4.69) is 10.3 Å². The van der Waals surface area contributed by atoms with E-state index in [1.807, 2.05) is 4.90 Å². The van der Waals surface area contributed by atoms with E-state index in [0.29, 0.717) is 18.8 Å². The highest BCUT2D eigenvalue weighted by Gasteiger charge is 2.34. The van der Waals surface area contributed by atoms with Gasteiger partial charge in [0.25, 0.3) is 0 Å². The number of fused-ring (bicyclic) bond motifs is 1. The molecule has 0 saturated carbocycles. The molecule has 0 radical (unpaired) electrons. The second-order valence-electron chi connectivity index (χ2n) is 5.75. The molecule has 24 heavy (non-hydrogen) atoms. The number of aromatic nitrogens is 1. The summed E-state index contributed by atoms with van der Waals surface area (Å²) in [4.78, 5) is 18.7. The van der Waals surface area contributed by atoms with Gasteiger partial charge >= 0.3 is 0 Å². The van der Waals surface area contributed by atoms with Crippen LogP contribution in [0.4, 0.5) is 15.2 Å². The van der Waals surface area contributed by atoms with Crippen LogP contribution in [0.2, 0.25) is 0 Å². The molecule has 1 amide bonds. The second-order valence-corrected chi connectivity index (χ2v) is 6.76. The van der Waals surface area contributed by atoms with Gasteiger partial charge in [-0.2, -0.15) is 0 Å². The Labute approximate surface area is 141 Å². The van der Waals surface area contributed by atoms with Crippen molar-refractivity contribution in [2.75, 3.05) is 23.3 Å². The number of phenolic OH excluding ortho intramolecular Hbond substituents is 1. The number of aromatic hydroxyl groups is 1. The van der Waals surface area contributed by atoms with E-state index in [1.54, 1.807) is 24.3 Å². The molecule has 3 aromatic rings. The molecule has 2 heterocycles. The Morgan fingerprint density at radius 2 is 2.12 bits per heavy atom. The fraction of sp³-hybridized carbons (Fsp3) is 0.176. The third-order valence-corrected chi connectivity index (χ3v) is 5.05. The van der Waals surface area contributed by atoms with Crippen molar-refractivity contribution in [3.05, 3.63) is 48.3 Å². The largest absolute Gasteiger partial charge is 0.508 e. The van der Waals surface area contributed by atoms with Crippen LogP contribution in [0.1, 0.15) is 0 Å². The van der Waals surface area contributed by atoms with Crippen LogP contribution in [0.5, 0.6) is 5.75 Å². The first-order chi connectivity index (χ1) is 11.6. The van der Waals surface area contributed by atoms with Crippen LogP contribution < -0.4 is 10.2 Å². The molecule has 0 aliphatic carbocycles. The lowest BCUT2D eigenvalue weighted by atomic mass is 10.00. The van der Waals surface area contributed by atoms with Crippen molar-refractivity contribution in [3.8, 4) is 5.75 Å². The maximum Gasteiger partial charge on any atom is 0.231 e. The maximum atomic E-state index is 13.2. The number of anilines is 2. The Bertz CT molecular complexity index is 921. The van der Waals surface area contributed by atoms with Crippen LogP contribution in [0.3, 0.4) is 0 Å². The summed E-state index contributed by atoms with van der Waals surface area (Å²) in [5, 5.41) is 13.0. The van der Waals surface area contributed by atoms with Crippen molar-refractivity contribution in [2.45, 2.75) is 0 Å². The minimum Gasteiger partial charge on any atom is -0.508 e. The molecule has 7 heteroatoms. The molecule has 0 spiro atoms. The number of nitrogens with one attached hydrogen (secondary N) is 1. The predicted octanol–water partition coefficient (Wildman–Crippen LogP) is 3.22. The van der Waals surface area contributed by atoms with Gasteiger partial charge in [-0.15, -0.1) is 0 Å². The van der Waals surface area contributed by atoms with Crippen LogP contribution in [0.15, 0.2) is 42.5 Å². The van der Waals surface area contributed by atoms with Gasteiger partial charge in [-0.3, -0.25) is 4.79 Å². The number of carbonyl (C=O) groups excluding carboxylic acids is 1. The third-order valence-electron chi connectivity index (χ3n) is 3.98. The Balaban J connectivity index is 1.40. The number of carbonyl (C=O) groups is 1. The normalized spacial score (nSPS) is 14.6. The first-order valence-corrected chi connectivity index (χ1v) is 8.31. The van der Waals surface area contributed by atoms with Crippen LogP contribution >= 0.6 is 11.3 Å². The summed E-state index contributed by atoms with van der Waals surface area (Å²) >= 11 is 1.43. The molecule has 0 atom stereocenters. The predicted molar refractivity (Wildman–Crippen MR) is 92.0 cm³/mol. The monoisotopic (exact) mass is 343 g/mol. The van der Waals surface area contributed by atoms with Gasteiger partial charge in [0.05, 0.1) is 16.1 Å². The molecule has 5 nitrogen and oxygen atoms in total. The van der Waals surface area contributed by atoms with Gasteiger partial charge in [-0.1, -0.05) is 17.4 Å². The molecule has 1 aromatic heterocycles. The first kappa shape index (κ1) is 14.9. The molecule has 1 fully saturated rings. The van der Waals surface area contributed by atoms with Crippen molar-refractivity contribution in [3.63, 3.8) is 0 Å². The Morgan fingerprint density at radius 1 is 1.29 bits per heavy atom. The second kappa shape index (κ2) is 5.76. The average Bonchev–Trinajstić information content (AvgIpc) is 2.88. The Kier molecular flexibility index (Phi) is 3.57. The van der Waals surface area contributed by atoms with Crippen molar-refractivity contribution in [2.24, 2.45) is 5.92 Å². The summed E-state index contributed by atoms with van der Waals surface area (Å²) in [5.74, 6) is -0.366. The van der Waals surface area contributed by atoms with Gasteiger partial charge < -0.3 is 15.3 Å². The van der Waals surface area contributed by atoms with Gasteiger partial charge in [-0.25, -0.2) is 9.37 Å². The number of thiazole rings is 1. The summed E-state index contributed by atoms with van der Waals surface area (Å²) in [6.07, 6.45) is 0. The topological polar surface area (TPSA) is 65.5 Å². The van der Waals surface area contributed by atoms with E-state index in [1.165, 1.54) is 29.5 Å². The smallest absolute Gasteiger partial charge is 0.231 e. The zero-order valence-corrected chi connectivity index (χ0v) is 13.4. The summed E-state index contributed by atoms with van der Waals surface area (Å²) in [6, 6.07) is 11.0. The van der Waals surface area contributed by atoms with E-state index in [4.69, 9.17) is 0 Å². The van der Waals surface area contributed by atoms with Gasteiger partial charge in [0.15, 0.2) is 5.13 Å². The van der Waals surface area contributed by atoms with Crippen molar-refractivity contribution < 1.29 is 14.3 Å². The maximum absolute atomic E-state index is 13.2. The molecule has 122 valence electrons. The molecule has 1 saturated heterocycles. The number of phenols is 1. The molecule has 2 aromatic carbocycles. The van der Waals surface area contributed by atoms with Crippen LogP contribution in [-0.2, 0) is 4.79 Å². The van der Waals surface area contributed by atoms with E-state index in [9.17, 15) is 14.3 Å². The summed E-state index contributed by atoms with van der Waals surface area (Å²) in [7, 11) is 0. The first-order valence-electron chi connectivity index (χ1n) is 7.49. The van der Waals surface area contributed by atoms with Crippen LogP contribution in [-0.4, -0.2) is 29.1 Å². The standard InChI is InChI=1S/C17H14FN3O2S/c18-11-4-5-14-15(6-11)24-17(20-14)21-8-10(9-21)16(23)19-12-2-1-3-13(22)7-12/h1-7,10,22H,8-9H2,(H,19,23). The molecule has 0 bridgehead atoms. The van der Waals surface area contributed by atoms with E-state index < -0.39 is 0 Å². The van der Waals surface area contributed by atoms with Crippen LogP contribution in [0.25, 0.3) is 10.2 Å². The highest BCUT2D eigenvalue weighted by Crippen LogP contribution is 2.33. The number of benzene rings is 2. The summed E-state index contributed by atoms with van der Waals surface area (Å²) in [5.41, 5.74) is 1.35. The summed E-state index contributed by atoms with van der Waals surface area (Å²) in [6.45, 7) is 1.15. The lowest BCUT2D eigenvalue weighted by Gasteiger charge is -2.37. The molecule has 0 unspecified atom stereocenters. The lowest BCUT2D eigenvalue weighted by Crippen LogP contribution is -2.52. The molecular formula is C17H14FN3O2S. The van der Waals surface area contributed by atoms with Gasteiger partial charge in [-0.05, 0) is 30.3 Å². The molecule has 4 rings (SSSR count). The third kappa shape index (κ3) is 2.78. The van der Waals surface area contributed by atoms with E-state index in [0.717, 1.165) is 15.3 Å². The number of hydrogen-bond donors (Lipinski definition) is 2. The number of amides is 1. The average molecular weight is 343 g/mol. The number of hydrogen-bond acceptors (Lipinski definition) is 5. The zero-order chi connectivity index (χ0) is 16.7. The van der Waals surface area contributed by atoms with Gasteiger partial charge in [0.2, 0.25) is 5.91 Å². The fourth-order valence-electron chi connectivity index (χ4n) is 2.65. The highest BCUT2D eigenvalue weighted by molar-refractivity contribution is 7.22. The lowest BCUT2D eigenvalue weighted by molar-refractivity contribution is -0.120.